The van der Waals surface area contributed by atoms with Crippen molar-refractivity contribution >= 4 is 28.6 Å². The first-order chi connectivity index (χ1) is 12.0. The molecule has 25 heavy (non-hydrogen) atoms. The van der Waals surface area contributed by atoms with E-state index in [9.17, 15) is 9.59 Å². The van der Waals surface area contributed by atoms with Crippen LogP contribution in [0.25, 0.3) is 11.0 Å². The number of rotatable bonds is 3. The van der Waals surface area contributed by atoms with E-state index in [0.717, 1.165) is 16.0 Å². The van der Waals surface area contributed by atoms with Crippen molar-refractivity contribution in [2.75, 3.05) is 4.90 Å². The number of hydrogen-bond acceptors (Lipinski definition) is 5. The lowest BCUT2D eigenvalue weighted by atomic mass is 10.2. The molecule has 0 aliphatic carbocycles. The molecule has 0 bridgehead atoms. The van der Waals surface area contributed by atoms with E-state index in [1.165, 1.54) is 0 Å². The molecule has 4 rings (SSSR count). The van der Waals surface area contributed by atoms with E-state index in [1.807, 2.05) is 25.1 Å². The van der Waals surface area contributed by atoms with E-state index < -0.39 is 12.1 Å². The van der Waals surface area contributed by atoms with Crippen molar-refractivity contribution in [3.63, 3.8) is 0 Å². The predicted molar refractivity (Wildman–Crippen MR) is 90.7 cm³/mol. The van der Waals surface area contributed by atoms with Crippen LogP contribution in [0, 0.1) is 6.92 Å². The van der Waals surface area contributed by atoms with Gasteiger partial charge in [-0.3, -0.25) is 4.79 Å². The molecular formula is C18H15N3O4. The summed E-state index contributed by atoms with van der Waals surface area (Å²) in [5.74, 6) is 0.938. The number of fused-ring (bicyclic) bond motifs is 1. The number of carbonyl (C=O) groups is 2. The fourth-order valence-electron chi connectivity index (χ4n) is 2.83. The highest BCUT2D eigenvalue weighted by Crippen LogP contribution is 2.33. The molecule has 7 heteroatoms. The van der Waals surface area contributed by atoms with Gasteiger partial charge in [0.15, 0.2) is 5.58 Å². The number of ether oxygens (including phenoxy) is 1. The monoisotopic (exact) mass is 337 g/mol. The number of nitrogens with zero attached hydrogens (tertiary/aromatic N) is 2. The third-order valence-electron chi connectivity index (χ3n) is 4.09. The zero-order valence-corrected chi connectivity index (χ0v) is 13.6. The molecule has 126 valence electrons. The summed E-state index contributed by atoms with van der Waals surface area (Å²) in [6.07, 6.45) is 0. The summed E-state index contributed by atoms with van der Waals surface area (Å²) < 4.78 is 11.1. The van der Waals surface area contributed by atoms with Crippen LogP contribution in [0.3, 0.4) is 0 Å². The highest BCUT2D eigenvalue weighted by Gasteiger charge is 2.36. The smallest absolute Gasteiger partial charge is 0.329 e. The molecule has 2 aromatic carbocycles. The number of amides is 3. The maximum absolute atomic E-state index is 12.0. The van der Waals surface area contributed by atoms with Gasteiger partial charge in [0, 0.05) is 0 Å². The molecule has 1 aliphatic heterocycles. The zero-order chi connectivity index (χ0) is 17.6. The fraction of sp³-hybridized carbons (Fsp3) is 0.167. The van der Waals surface area contributed by atoms with Gasteiger partial charge in [-0.15, -0.1) is 0 Å². The lowest BCUT2D eigenvalue weighted by Crippen LogP contribution is -2.30. The first kappa shape index (κ1) is 15.2. The molecule has 0 saturated carbocycles. The van der Waals surface area contributed by atoms with E-state index in [4.69, 9.17) is 9.26 Å². The van der Waals surface area contributed by atoms with Gasteiger partial charge in [0.05, 0.1) is 16.8 Å². The molecular weight excluding hydrogens is 322 g/mol. The lowest BCUT2D eigenvalue weighted by Gasteiger charge is -2.13. The first-order valence-electron chi connectivity index (χ1n) is 7.82. The third-order valence-corrected chi connectivity index (χ3v) is 4.09. The number of hydrogen-bond donors (Lipinski definition) is 1. The Morgan fingerprint density at radius 2 is 1.92 bits per heavy atom. The fourth-order valence-corrected chi connectivity index (χ4v) is 2.83. The van der Waals surface area contributed by atoms with Crippen molar-refractivity contribution in [3.8, 4) is 11.5 Å². The van der Waals surface area contributed by atoms with E-state index in [-0.39, 0.29) is 5.91 Å². The Morgan fingerprint density at radius 1 is 1.16 bits per heavy atom. The number of benzene rings is 2. The number of imide groups is 1. The molecule has 0 radical (unpaired) electrons. The van der Waals surface area contributed by atoms with Crippen molar-refractivity contribution in [2.45, 2.75) is 19.9 Å². The zero-order valence-electron chi connectivity index (χ0n) is 13.6. The summed E-state index contributed by atoms with van der Waals surface area (Å²) in [4.78, 5) is 25.0. The summed E-state index contributed by atoms with van der Waals surface area (Å²) in [6, 6.07) is 11.3. The number of carbonyl (C=O) groups excluding carboxylic acids is 2. The normalized spacial score (nSPS) is 17.2. The number of nitrogens with one attached hydrogen (secondary N) is 1. The van der Waals surface area contributed by atoms with Crippen LogP contribution in [0.5, 0.6) is 11.5 Å². The molecule has 1 atom stereocenters. The topological polar surface area (TPSA) is 84.7 Å². The van der Waals surface area contributed by atoms with Crippen molar-refractivity contribution in [1.82, 2.24) is 10.5 Å². The average molecular weight is 337 g/mol. The molecule has 1 aliphatic rings. The van der Waals surface area contributed by atoms with Gasteiger partial charge >= 0.3 is 6.03 Å². The average Bonchev–Trinajstić information content (AvgIpc) is 3.10. The maximum Gasteiger partial charge on any atom is 0.329 e. The van der Waals surface area contributed by atoms with Gasteiger partial charge in [-0.1, -0.05) is 11.2 Å². The number of anilines is 1. The molecule has 0 spiro atoms. The highest BCUT2D eigenvalue weighted by molar-refractivity contribution is 6.21. The van der Waals surface area contributed by atoms with Gasteiger partial charge in [-0.25, -0.2) is 9.69 Å². The van der Waals surface area contributed by atoms with Gasteiger partial charge in [-0.2, -0.15) is 0 Å². The Bertz CT molecular complexity index is 978. The minimum Gasteiger partial charge on any atom is -0.457 e. The summed E-state index contributed by atoms with van der Waals surface area (Å²) in [6.45, 7) is 3.50. The quantitative estimate of drug-likeness (QED) is 0.741. The molecule has 3 amide bonds. The van der Waals surface area contributed by atoms with E-state index >= 15 is 0 Å². The third kappa shape index (κ3) is 2.50. The van der Waals surface area contributed by atoms with Gasteiger partial charge in [0.1, 0.15) is 17.5 Å². The van der Waals surface area contributed by atoms with E-state index in [0.29, 0.717) is 22.8 Å². The second-order valence-corrected chi connectivity index (χ2v) is 5.84. The van der Waals surface area contributed by atoms with Crippen molar-refractivity contribution < 1.29 is 18.8 Å². The second-order valence-electron chi connectivity index (χ2n) is 5.84. The Hall–Kier alpha value is -3.35. The van der Waals surface area contributed by atoms with Gasteiger partial charge in [0.25, 0.3) is 5.91 Å². The van der Waals surface area contributed by atoms with Crippen LogP contribution >= 0.6 is 0 Å². The summed E-state index contributed by atoms with van der Waals surface area (Å²) in [7, 11) is 0. The minimum atomic E-state index is -0.516. The molecule has 1 N–H and O–H groups in total. The van der Waals surface area contributed by atoms with Crippen LogP contribution in [0.2, 0.25) is 0 Å². The Labute approximate surface area is 143 Å². The van der Waals surface area contributed by atoms with Gasteiger partial charge < -0.3 is 14.6 Å². The standard InChI is InChI=1S/C18H15N3O4/c1-10-16-14(4-3-5-15(16)25-20-10)24-13-8-6-12(7-9-13)21-17(22)11(2)19-18(21)23/h3-9,11H,1-2H3,(H,19,23)/t11-/m1/s1. The maximum atomic E-state index is 12.0. The van der Waals surface area contributed by atoms with Crippen molar-refractivity contribution in [2.24, 2.45) is 0 Å². The van der Waals surface area contributed by atoms with Crippen LogP contribution in [0.15, 0.2) is 47.0 Å². The van der Waals surface area contributed by atoms with E-state index in [1.54, 1.807) is 31.2 Å². The Kier molecular flexibility index (Phi) is 3.42. The number of aromatic nitrogens is 1. The Morgan fingerprint density at radius 3 is 2.60 bits per heavy atom. The van der Waals surface area contributed by atoms with Crippen molar-refractivity contribution in [3.05, 3.63) is 48.2 Å². The molecule has 3 aromatic rings. The van der Waals surface area contributed by atoms with Crippen LogP contribution in [0.1, 0.15) is 12.6 Å². The first-order valence-corrected chi connectivity index (χ1v) is 7.82. The van der Waals surface area contributed by atoms with Crippen LogP contribution in [-0.4, -0.2) is 23.1 Å². The molecule has 7 nitrogen and oxygen atoms in total. The highest BCUT2D eigenvalue weighted by atomic mass is 16.5. The van der Waals surface area contributed by atoms with Crippen LogP contribution in [-0.2, 0) is 4.79 Å². The molecule has 1 saturated heterocycles. The summed E-state index contributed by atoms with van der Waals surface area (Å²) >= 11 is 0. The number of aryl methyl sites for hydroxylation is 1. The summed E-state index contributed by atoms with van der Waals surface area (Å²) in [5, 5.41) is 7.34. The lowest BCUT2D eigenvalue weighted by molar-refractivity contribution is -0.117. The largest absolute Gasteiger partial charge is 0.457 e. The predicted octanol–water partition coefficient (Wildman–Crippen LogP) is 3.37. The molecule has 1 fully saturated rings. The number of urea groups is 1. The second kappa shape index (κ2) is 5.62. The van der Waals surface area contributed by atoms with Crippen LogP contribution in [0.4, 0.5) is 10.5 Å². The van der Waals surface area contributed by atoms with Gasteiger partial charge in [0.2, 0.25) is 0 Å². The SMILES string of the molecule is Cc1noc2cccc(Oc3ccc(N4C(=O)N[C@H](C)C4=O)cc3)c12. The van der Waals surface area contributed by atoms with E-state index in [2.05, 4.69) is 10.5 Å². The van der Waals surface area contributed by atoms with Gasteiger partial charge in [-0.05, 0) is 50.2 Å². The minimum absolute atomic E-state index is 0.275. The molecule has 0 unspecified atom stereocenters. The van der Waals surface area contributed by atoms with Crippen LogP contribution < -0.4 is 15.0 Å². The Balaban J connectivity index is 1.62. The van der Waals surface area contributed by atoms with Crippen molar-refractivity contribution in [1.29, 1.82) is 0 Å². The molecule has 1 aromatic heterocycles. The molecule has 2 heterocycles. The summed E-state index contributed by atoms with van der Waals surface area (Å²) in [5.41, 5.74) is 1.90.